The van der Waals surface area contributed by atoms with Crippen molar-refractivity contribution in [2.75, 3.05) is 25.0 Å². The molecule has 1 fully saturated rings. The number of carbonyl (C=O) groups excluding carboxylic acids is 1. The zero-order chi connectivity index (χ0) is 19.6. The first kappa shape index (κ1) is 19.2. The average molecular weight is 368 g/mol. The summed E-state index contributed by atoms with van der Waals surface area (Å²) < 4.78 is 0. The first-order valence-corrected chi connectivity index (χ1v) is 9.36. The van der Waals surface area contributed by atoms with Crippen LogP contribution in [0.5, 0.6) is 0 Å². The minimum absolute atomic E-state index is 0.232. The van der Waals surface area contributed by atoms with E-state index in [2.05, 4.69) is 44.3 Å². The van der Waals surface area contributed by atoms with Gasteiger partial charge in [-0.2, -0.15) is 0 Å². The summed E-state index contributed by atoms with van der Waals surface area (Å²) >= 11 is 0. The Kier molecular flexibility index (Phi) is 5.70. The van der Waals surface area contributed by atoms with Crippen LogP contribution in [0.4, 0.5) is 5.82 Å². The normalized spacial score (nSPS) is 16.6. The molecule has 0 bridgehead atoms. The lowest BCUT2D eigenvalue weighted by Gasteiger charge is -2.21. The third-order valence-corrected chi connectivity index (χ3v) is 5.34. The summed E-state index contributed by atoms with van der Waals surface area (Å²) in [5.74, 6) is 0.841. The van der Waals surface area contributed by atoms with Crippen molar-refractivity contribution >= 4 is 11.7 Å². The standard InChI is InChI=1S/C20H28N6O/c1-12-8-22-9-13(2)17(12)10-23-16-6-7-26(11-16)19-14(3)15(4)24-18(25-19)20(27)21-5/h8-9,16,23H,6-7,10-11H2,1-5H3,(H,21,27)/t16-/m1/s1. The smallest absolute Gasteiger partial charge is 0.288 e. The first-order valence-electron chi connectivity index (χ1n) is 9.36. The van der Waals surface area contributed by atoms with Crippen molar-refractivity contribution in [2.24, 2.45) is 0 Å². The van der Waals surface area contributed by atoms with Crippen molar-refractivity contribution in [3.63, 3.8) is 0 Å². The van der Waals surface area contributed by atoms with Crippen molar-refractivity contribution in [3.8, 4) is 0 Å². The van der Waals surface area contributed by atoms with E-state index >= 15 is 0 Å². The summed E-state index contributed by atoms with van der Waals surface area (Å²) in [7, 11) is 1.60. The van der Waals surface area contributed by atoms with Gasteiger partial charge in [-0.1, -0.05) is 0 Å². The number of aryl methyl sites for hydroxylation is 3. The lowest BCUT2D eigenvalue weighted by atomic mass is 10.1. The summed E-state index contributed by atoms with van der Waals surface area (Å²) in [6.07, 6.45) is 4.87. The molecule has 1 aliphatic heterocycles. The zero-order valence-corrected chi connectivity index (χ0v) is 16.8. The predicted octanol–water partition coefficient (Wildman–Crippen LogP) is 1.83. The van der Waals surface area contributed by atoms with E-state index in [-0.39, 0.29) is 11.7 Å². The van der Waals surface area contributed by atoms with E-state index in [9.17, 15) is 4.79 Å². The lowest BCUT2D eigenvalue weighted by Crippen LogP contribution is -2.33. The summed E-state index contributed by atoms with van der Waals surface area (Å²) in [6, 6.07) is 0.384. The molecule has 7 nitrogen and oxygen atoms in total. The van der Waals surface area contributed by atoms with E-state index in [0.29, 0.717) is 6.04 Å². The Morgan fingerprint density at radius 2 is 1.89 bits per heavy atom. The fourth-order valence-corrected chi connectivity index (χ4v) is 3.51. The maximum absolute atomic E-state index is 12.0. The van der Waals surface area contributed by atoms with Crippen LogP contribution in [0.2, 0.25) is 0 Å². The Hall–Kier alpha value is -2.54. The van der Waals surface area contributed by atoms with Crippen LogP contribution in [0.1, 0.15) is 45.0 Å². The number of rotatable bonds is 5. The van der Waals surface area contributed by atoms with Crippen molar-refractivity contribution < 1.29 is 4.79 Å². The van der Waals surface area contributed by atoms with Gasteiger partial charge in [-0.3, -0.25) is 9.78 Å². The number of hydrogen-bond acceptors (Lipinski definition) is 6. The molecule has 1 saturated heterocycles. The molecule has 0 spiro atoms. The van der Waals surface area contributed by atoms with Crippen LogP contribution in [-0.4, -0.2) is 47.0 Å². The number of anilines is 1. The van der Waals surface area contributed by atoms with Crippen LogP contribution in [0.15, 0.2) is 12.4 Å². The monoisotopic (exact) mass is 368 g/mol. The van der Waals surface area contributed by atoms with E-state index in [0.717, 1.165) is 43.1 Å². The van der Waals surface area contributed by atoms with Crippen LogP contribution in [0.3, 0.4) is 0 Å². The number of aromatic nitrogens is 3. The number of pyridine rings is 1. The third-order valence-electron chi connectivity index (χ3n) is 5.34. The highest BCUT2D eigenvalue weighted by molar-refractivity contribution is 5.90. The molecular formula is C20H28N6O. The highest BCUT2D eigenvalue weighted by atomic mass is 16.2. The van der Waals surface area contributed by atoms with Gasteiger partial charge >= 0.3 is 0 Å². The van der Waals surface area contributed by atoms with Crippen LogP contribution in [-0.2, 0) is 6.54 Å². The molecule has 0 saturated carbocycles. The molecule has 1 aliphatic rings. The Balaban J connectivity index is 1.71. The first-order chi connectivity index (χ1) is 12.9. The Labute approximate surface area is 160 Å². The molecule has 0 unspecified atom stereocenters. The van der Waals surface area contributed by atoms with Crippen molar-refractivity contribution in [1.29, 1.82) is 0 Å². The van der Waals surface area contributed by atoms with Crippen LogP contribution >= 0.6 is 0 Å². The average Bonchev–Trinajstić information content (AvgIpc) is 3.11. The maximum Gasteiger partial charge on any atom is 0.288 e. The van der Waals surface area contributed by atoms with Crippen LogP contribution in [0, 0.1) is 27.7 Å². The number of hydrogen-bond donors (Lipinski definition) is 2. The largest absolute Gasteiger partial charge is 0.355 e. The molecule has 1 amide bonds. The molecule has 0 radical (unpaired) electrons. The van der Waals surface area contributed by atoms with Crippen LogP contribution in [0.25, 0.3) is 0 Å². The predicted molar refractivity (Wildman–Crippen MR) is 106 cm³/mol. The number of carbonyl (C=O) groups is 1. The molecule has 3 rings (SSSR count). The van der Waals surface area contributed by atoms with E-state index in [4.69, 9.17) is 0 Å². The minimum Gasteiger partial charge on any atom is -0.355 e. The highest BCUT2D eigenvalue weighted by Crippen LogP contribution is 2.24. The van der Waals surface area contributed by atoms with Gasteiger partial charge in [0, 0.05) is 56.4 Å². The molecule has 144 valence electrons. The van der Waals surface area contributed by atoms with Gasteiger partial charge in [-0.05, 0) is 50.8 Å². The molecule has 2 aromatic heterocycles. The fraction of sp³-hybridized carbons (Fsp3) is 0.500. The number of amides is 1. The number of nitrogens with zero attached hydrogens (tertiary/aromatic N) is 4. The SMILES string of the molecule is CNC(=O)c1nc(C)c(C)c(N2CC[C@@H](NCc3c(C)cncc3C)C2)n1. The molecule has 0 aromatic carbocycles. The van der Waals surface area contributed by atoms with Crippen molar-refractivity contribution in [1.82, 2.24) is 25.6 Å². The second-order valence-electron chi connectivity index (χ2n) is 7.22. The molecular weight excluding hydrogens is 340 g/mol. The molecule has 2 aromatic rings. The lowest BCUT2D eigenvalue weighted by molar-refractivity contribution is 0.0952. The molecule has 2 N–H and O–H groups in total. The van der Waals surface area contributed by atoms with Gasteiger partial charge in [0.05, 0.1) is 0 Å². The molecule has 1 atom stereocenters. The zero-order valence-electron chi connectivity index (χ0n) is 16.8. The minimum atomic E-state index is -0.253. The number of nitrogens with one attached hydrogen (secondary N) is 2. The van der Waals surface area contributed by atoms with E-state index in [1.54, 1.807) is 7.05 Å². The highest BCUT2D eigenvalue weighted by Gasteiger charge is 2.26. The summed E-state index contributed by atoms with van der Waals surface area (Å²) in [6.45, 7) is 10.8. The van der Waals surface area contributed by atoms with E-state index in [1.165, 1.54) is 16.7 Å². The van der Waals surface area contributed by atoms with E-state index < -0.39 is 0 Å². The van der Waals surface area contributed by atoms with Gasteiger partial charge < -0.3 is 15.5 Å². The molecule has 0 aliphatic carbocycles. The van der Waals surface area contributed by atoms with Gasteiger partial charge in [0.15, 0.2) is 0 Å². The third kappa shape index (κ3) is 4.08. The van der Waals surface area contributed by atoms with Crippen molar-refractivity contribution in [2.45, 2.75) is 46.7 Å². The Bertz CT molecular complexity index is 830. The quantitative estimate of drug-likeness (QED) is 0.838. The van der Waals surface area contributed by atoms with Gasteiger partial charge in [0.25, 0.3) is 5.91 Å². The molecule has 3 heterocycles. The summed E-state index contributed by atoms with van der Waals surface area (Å²) in [5, 5.41) is 6.27. The van der Waals surface area contributed by atoms with Crippen LogP contribution < -0.4 is 15.5 Å². The Morgan fingerprint density at radius 3 is 2.56 bits per heavy atom. The van der Waals surface area contributed by atoms with Gasteiger partial charge in [0.2, 0.25) is 5.82 Å². The maximum atomic E-state index is 12.0. The van der Waals surface area contributed by atoms with Crippen molar-refractivity contribution in [3.05, 3.63) is 46.2 Å². The molecule has 27 heavy (non-hydrogen) atoms. The molecule has 7 heteroatoms. The summed E-state index contributed by atoms with van der Waals surface area (Å²) in [4.78, 5) is 27.3. The fourth-order valence-electron chi connectivity index (χ4n) is 3.51. The van der Waals surface area contributed by atoms with E-state index in [1.807, 2.05) is 26.2 Å². The van der Waals surface area contributed by atoms with Gasteiger partial charge in [-0.15, -0.1) is 0 Å². The summed E-state index contributed by atoms with van der Waals surface area (Å²) in [5.41, 5.74) is 5.63. The Morgan fingerprint density at radius 1 is 1.19 bits per heavy atom. The second-order valence-corrected chi connectivity index (χ2v) is 7.22. The van der Waals surface area contributed by atoms with Gasteiger partial charge in [0.1, 0.15) is 5.82 Å². The van der Waals surface area contributed by atoms with Gasteiger partial charge in [-0.25, -0.2) is 9.97 Å². The second kappa shape index (κ2) is 8.00. The topological polar surface area (TPSA) is 83.0 Å².